The monoisotopic (exact) mass is 238 g/mol. The van der Waals surface area contributed by atoms with Crippen molar-refractivity contribution in [3.63, 3.8) is 0 Å². The second kappa shape index (κ2) is 4.50. The molecule has 0 aliphatic carbocycles. The maximum absolute atomic E-state index is 12.3. The minimum atomic E-state index is -4.65. The first-order valence-electron chi connectivity index (χ1n) is 4.46. The average molecular weight is 238 g/mol. The summed E-state index contributed by atoms with van der Waals surface area (Å²) in [5.41, 5.74) is 0.467. The van der Waals surface area contributed by atoms with Gasteiger partial charge >= 0.3 is 12.1 Å². The fourth-order valence-electron chi connectivity index (χ4n) is 1.14. The molecular weight excluding hydrogens is 229 g/mol. The van der Waals surface area contributed by atoms with Crippen molar-refractivity contribution in [1.82, 2.24) is 5.43 Å². The van der Waals surface area contributed by atoms with E-state index in [1.807, 2.05) is 0 Å². The van der Waals surface area contributed by atoms with Gasteiger partial charge in [0.05, 0.1) is 6.61 Å². The number of rotatable bonds is 2. The number of nitrogens with one attached hydrogen (secondary N) is 1. The minimum Gasteiger partial charge on any atom is -0.465 e. The van der Waals surface area contributed by atoms with Crippen LogP contribution in [0.5, 0.6) is 0 Å². The van der Waals surface area contributed by atoms with E-state index in [-0.39, 0.29) is 6.61 Å². The molecule has 0 fully saturated rings. The van der Waals surface area contributed by atoms with Gasteiger partial charge in [0.25, 0.3) is 5.91 Å². The van der Waals surface area contributed by atoms with Gasteiger partial charge in [-0.25, -0.2) is 5.43 Å². The maximum Gasteiger partial charge on any atom is 0.431 e. The smallest absolute Gasteiger partial charge is 0.431 e. The number of carbonyl (C=O) groups is 2. The third-order valence-corrected chi connectivity index (χ3v) is 1.91. The Balaban J connectivity index is 2.80. The van der Waals surface area contributed by atoms with E-state index in [0.29, 0.717) is 0 Å². The van der Waals surface area contributed by atoms with Gasteiger partial charge in [-0.05, 0) is 6.92 Å². The Bertz CT molecular complexity index is 338. The number of hydrogen-bond donors (Lipinski definition) is 1. The van der Waals surface area contributed by atoms with Gasteiger partial charge in [-0.1, -0.05) is 0 Å². The summed E-state index contributed by atoms with van der Waals surface area (Å²) in [5.74, 6) is -3.34. The standard InChI is InChI=1S/C8H9F3N2O3/c1-2-16-7(15)4-3-5(8(9,10)11)12-13-6(4)14/h4H,2-3H2,1H3,(H,13,14). The summed E-state index contributed by atoms with van der Waals surface area (Å²) in [6.45, 7) is 1.50. The molecule has 0 bridgehead atoms. The van der Waals surface area contributed by atoms with Gasteiger partial charge in [0.15, 0.2) is 0 Å². The Morgan fingerprint density at radius 1 is 1.62 bits per heavy atom. The Labute approximate surface area is 88.6 Å². The van der Waals surface area contributed by atoms with E-state index in [1.165, 1.54) is 6.92 Å². The van der Waals surface area contributed by atoms with Gasteiger partial charge in [-0.15, -0.1) is 0 Å². The van der Waals surface area contributed by atoms with Crippen molar-refractivity contribution < 1.29 is 27.5 Å². The molecule has 5 nitrogen and oxygen atoms in total. The lowest BCUT2D eigenvalue weighted by atomic mass is 10.00. The summed E-state index contributed by atoms with van der Waals surface area (Å²) in [6.07, 6.45) is -5.44. The summed E-state index contributed by atoms with van der Waals surface area (Å²) < 4.78 is 41.3. The summed E-state index contributed by atoms with van der Waals surface area (Å²) in [4.78, 5) is 22.3. The van der Waals surface area contributed by atoms with Crippen LogP contribution in [0.25, 0.3) is 0 Å². The van der Waals surface area contributed by atoms with E-state index < -0.39 is 36.1 Å². The molecular formula is C8H9F3N2O3. The van der Waals surface area contributed by atoms with Crippen molar-refractivity contribution in [1.29, 1.82) is 0 Å². The number of ether oxygens (including phenoxy) is 1. The van der Waals surface area contributed by atoms with E-state index in [9.17, 15) is 22.8 Å². The van der Waals surface area contributed by atoms with Gasteiger partial charge in [-0.3, -0.25) is 9.59 Å². The van der Waals surface area contributed by atoms with Crippen LogP contribution in [0.4, 0.5) is 13.2 Å². The van der Waals surface area contributed by atoms with E-state index in [1.54, 1.807) is 5.43 Å². The first-order chi connectivity index (χ1) is 7.36. The third kappa shape index (κ3) is 2.71. The summed E-state index contributed by atoms with van der Waals surface area (Å²) in [5, 5.41) is 2.86. The SMILES string of the molecule is CCOC(=O)C1CC(C(F)(F)F)=NNC1=O. The van der Waals surface area contributed by atoms with E-state index in [4.69, 9.17) is 0 Å². The fraction of sp³-hybridized carbons (Fsp3) is 0.625. The van der Waals surface area contributed by atoms with Crippen LogP contribution in [0.2, 0.25) is 0 Å². The Morgan fingerprint density at radius 2 is 2.25 bits per heavy atom. The van der Waals surface area contributed by atoms with Gasteiger partial charge in [0, 0.05) is 6.42 Å². The van der Waals surface area contributed by atoms with Crippen molar-refractivity contribution in [3.05, 3.63) is 0 Å². The second-order valence-electron chi connectivity index (χ2n) is 3.04. The van der Waals surface area contributed by atoms with E-state index >= 15 is 0 Å². The van der Waals surface area contributed by atoms with Crippen molar-refractivity contribution in [2.45, 2.75) is 19.5 Å². The highest BCUT2D eigenvalue weighted by molar-refractivity contribution is 6.06. The quantitative estimate of drug-likeness (QED) is 0.566. The van der Waals surface area contributed by atoms with Gasteiger partial charge in [0.2, 0.25) is 0 Å². The summed E-state index contributed by atoms with van der Waals surface area (Å²) in [7, 11) is 0. The normalized spacial score (nSPS) is 21.1. The predicted molar refractivity (Wildman–Crippen MR) is 46.4 cm³/mol. The van der Waals surface area contributed by atoms with Crippen LogP contribution < -0.4 is 5.43 Å². The van der Waals surface area contributed by atoms with Crippen LogP contribution in [0.15, 0.2) is 5.10 Å². The molecule has 0 spiro atoms. The predicted octanol–water partition coefficient (Wildman–Crippen LogP) is 0.604. The highest BCUT2D eigenvalue weighted by Gasteiger charge is 2.43. The van der Waals surface area contributed by atoms with Crippen molar-refractivity contribution >= 4 is 17.6 Å². The van der Waals surface area contributed by atoms with E-state index in [2.05, 4.69) is 9.84 Å². The highest BCUT2D eigenvalue weighted by atomic mass is 19.4. The molecule has 0 aromatic heterocycles. The van der Waals surface area contributed by atoms with Crippen molar-refractivity contribution in [2.75, 3.05) is 6.61 Å². The number of halogens is 3. The van der Waals surface area contributed by atoms with Crippen molar-refractivity contribution in [2.24, 2.45) is 11.0 Å². The molecule has 1 N–H and O–H groups in total. The second-order valence-corrected chi connectivity index (χ2v) is 3.04. The zero-order valence-corrected chi connectivity index (χ0v) is 8.30. The number of alkyl halides is 3. The molecule has 1 aliphatic heterocycles. The topological polar surface area (TPSA) is 67.8 Å². The Morgan fingerprint density at radius 3 is 2.75 bits per heavy atom. The summed E-state index contributed by atoms with van der Waals surface area (Å²) >= 11 is 0. The molecule has 0 aromatic rings. The zero-order chi connectivity index (χ0) is 12.3. The van der Waals surface area contributed by atoms with Crippen LogP contribution >= 0.6 is 0 Å². The van der Waals surface area contributed by atoms with Crippen LogP contribution in [-0.2, 0) is 14.3 Å². The Kier molecular flexibility index (Phi) is 3.51. The lowest BCUT2D eigenvalue weighted by molar-refractivity contribution is -0.152. The molecule has 0 aromatic carbocycles. The van der Waals surface area contributed by atoms with Crippen LogP contribution in [0.1, 0.15) is 13.3 Å². The molecule has 0 radical (unpaired) electrons. The average Bonchev–Trinajstić information content (AvgIpc) is 2.16. The highest BCUT2D eigenvalue weighted by Crippen LogP contribution is 2.24. The van der Waals surface area contributed by atoms with Gasteiger partial charge in [-0.2, -0.15) is 18.3 Å². The number of esters is 1. The first-order valence-corrected chi connectivity index (χ1v) is 4.46. The number of hydrogen-bond acceptors (Lipinski definition) is 4. The van der Waals surface area contributed by atoms with Crippen molar-refractivity contribution in [3.8, 4) is 0 Å². The third-order valence-electron chi connectivity index (χ3n) is 1.91. The molecule has 0 saturated carbocycles. The van der Waals surface area contributed by atoms with Crippen LogP contribution in [0.3, 0.4) is 0 Å². The first kappa shape index (κ1) is 12.5. The molecule has 1 heterocycles. The molecule has 1 rings (SSSR count). The van der Waals surface area contributed by atoms with E-state index in [0.717, 1.165) is 0 Å². The number of amides is 1. The number of nitrogens with zero attached hydrogens (tertiary/aromatic N) is 1. The largest absolute Gasteiger partial charge is 0.465 e. The van der Waals surface area contributed by atoms with Crippen LogP contribution in [0, 0.1) is 5.92 Å². The molecule has 90 valence electrons. The lowest BCUT2D eigenvalue weighted by Gasteiger charge is -2.20. The molecule has 1 amide bonds. The fourth-order valence-corrected chi connectivity index (χ4v) is 1.14. The number of carbonyl (C=O) groups excluding carboxylic acids is 2. The minimum absolute atomic E-state index is 0.00110. The molecule has 0 saturated heterocycles. The van der Waals surface area contributed by atoms with Crippen LogP contribution in [-0.4, -0.2) is 30.4 Å². The number of hydrazone groups is 1. The zero-order valence-electron chi connectivity index (χ0n) is 8.30. The molecule has 1 unspecified atom stereocenters. The molecule has 16 heavy (non-hydrogen) atoms. The van der Waals surface area contributed by atoms with Gasteiger partial charge < -0.3 is 4.74 Å². The summed E-state index contributed by atoms with van der Waals surface area (Å²) in [6, 6.07) is 0. The maximum atomic E-state index is 12.3. The molecule has 1 atom stereocenters. The Hall–Kier alpha value is -1.60. The lowest BCUT2D eigenvalue weighted by Crippen LogP contribution is -2.43. The molecule has 8 heteroatoms. The van der Waals surface area contributed by atoms with Gasteiger partial charge in [0.1, 0.15) is 11.6 Å². The molecule has 1 aliphatic rings.